The summed E-state index contributed by atoms with van der Waals surface area (Å²) in [6.07, 6.45) is 1.01. The van der Waals surface area contributed by atoms with Gasteiger partial charge in [0.2, 0.25) is 0 Å². The molecule has 3 aromatic carbocycles. The van der Waals surface area contributed by atoms with E-state index in [4.69, 9.17) is 28.6 Å². The molecule has 2 N–H and O–H groups in total. The number of ether oxygens (including phenoxy) is 1. The van der Waals surface area contributed by atoms with E-state index < -0.39 is 0 Å². The molecule has 0 aliphatic rings. The third-order valence-electron chi connectivity index (χ3n) is 5.24. The van der Waals surface area contributed by atoms with Crippen molar-refractivity contribution >= 4 is 51.6 Å². The molecule has 1 aromatic heterocycles. The van der Waals surface area contributed by atoms with Gasteiger partial charge in [-0.2, -0.15) is 4.80 Å². The first-order valence-electron chi connectivity index (χ1n) is 10.8. The molecule has 34 heavy (non-hydrogen) atoms. The van der Waals surface area contributed by atoms with Crippen molar-refractivity contribution in [1.29, 1.82) is 0 Å². The molecule has 1 atom stereocenters. The van der Waals surface area contributed by atoms with Gasteiger partial charge >= 0.3 is 0 Å². The van der Waals surface area contributed by atoms with E-state index in [-0.39, 0.29) is 17.1 Å². The van der Waals surface area contributed by atoms with Crippen LogP contribution < -0.4 is 15.4 Å². The lowest BCUT2D eigenvalue weighted by Gasteiger charge is -2.13. The Labute approximate surface area is 208 Å². The van der Waals surface area contributed by atoms with Gasteiger partial charge in [-0.05, 0) is 81.0 Å². The Kier molecular flexibility index (Phi) is 7.09. The first-order valence-corrected chi connectivity index (χ1v) is 11.6. The van der Waals surface area contributed by atoms with Crippen molar-refractivity contribution in [3.05, 3.63) is 76.8 Å². The van der Waals surface area contributed by atoms with Crippen molar-refractivity contribution in [1.82, 2.24) is 20.3 Å². The number of fused-ring (bicyclic) bond motifs is 1. The first kappa shape index (κ1) is 23.7. The van der Waals surface area contributed by atoms with E-state index in [1.54, 1.807) is 41.2 Å². The standard InChI is InChI=1S/C25H24ClN5O2S/c1-4-16(3)33-19-11-7-17(8-12-19)24(32)28-25(34)27-21-14-23-22(13-20(21)26)29-31(30-23)18-9-5-15(2)6-10-18/h5-14,16H,4H2,1-3H3,(H2,27,28,32,34). The molecule has 0 saturated carbocycles. The molecular formula is C25H24ClN5O2S. The number of hydrogen-bond donors (Lipinski definition) is 2. The van der Waals surface area contributed by atoms with Crippen LogP contribution in [0.2, 0.25) is 5.02 Å². The number of aryl methyl sites for hydroxylation is 1. The van der Waals surface area contributed by atoms with Gasteiger partial charge in [0.05, 0.1) is 22.5 Å². The van der Waals surface area contributed by atoms with Crippen LogP contribution in [-0.4, -0.2) is 32.1 Å². The molecule has 1 unspecified atom stereocenters. The van der Waals surface area contributed by atoms with Crippen molar-refractivity contribution < 1.29 is 9.53 Å². The number of rotatable bonds is 6. The summed E-state index contributed by atoms with van der Waals surface area (Å²) in [6, 6.07) is 18.3. The lowest BCUT2D eigenvalue weighted by Crippen LogP contribution is -2.34. The zero-order chi connectivity index (χ0) is 24.2. The van der Waals surface area contributed by atoms with Gasteiger partial charge in [0.1, 0.15) is 16.8 Å². The summed E-state index contributed by atoms with van der Waals surface area (Å²) in [5, 5.41) is 15.2. The normalized spacial score (nSPS) is 11.8. The molecule has 1 amide bonds. The number of nitrogens with one attached hydrogen (secondary N) is 2. The second-order valence-corrected chi connectivity index (χ2v) is 8.73. The third kappa shape index (κ3) is 5.52. The highest BCUT2D eigenvalue weighted by molar-refractivity contribution is 7.80. The molecule has 0 fully saturated rings. The smallest absolute Gasteiger partial charge is 0.257 e. The van der Waals surface area contributed by atoms with Gasteiger partial charge in [-0.3, -0.25) is 10.1 Å². The molecule has 1 heterocycles. The fourth-order valence-corrected chi connectivity index (χ4v) is 3.56. The average molecular weight is 494 g/mol. The number of benzene rings is 3. The number of halogens is 1. The summed E-state index contributed by atoms with van der Waals surface area (Å²) in [4.78, 5) is 14.1. The summed E-state index contributed by atoms with van der Waals surface area (Å²) >= 11 is 11.7. The Balaban J connectivity index is 1.44. The van der Waals surface area contributed by atoms with Gasteiger partial charge in [-0.15, -0.1) is 10.2 Å². The Hall–Kier alpha value is -3.49. The number of hydrogen-bond acceptors (Lipinski definition) is 5. The minimum atomic E-state index is -0.338. The number of amides is 1. The van der Waals surface area contributed by atoms with Gasteiger partial charge < -0.3 is 10.1 Å². The van der Waals surface area contributed by atoms with Gasteiger partial charge in [0.15, 0.2) is 5.11 Å². The minimum Gasteiger partial charge on any atom is -0.491 e. The Morgan fingerprint density at radius 3 is 2.38 bits per heavy atom. The van der Waals surface area contributed by atoms with Crippen LogP contribution in [0.5, 0.6) is 5.75 Å². The highest BCUT2D eigenvalue weighted by Crippen LogP contribution is 2.27. The van der Waals surface area contributed by atoms with Crippen LogP contribution in [0.1, 0.15) is 36.2 Å². The largest absolute Gasteiger partial charge is 0.491 e. The summed E-state index contributed by atoms with van der Waals surface area (Å²) in [6.45, 7) is 6.07. The molecule has 0 aliphatic heterocycles. The zero-order valence-electron chi connectivity index (χ0n) is 19.0. The van der Waals surface area contributed by atoms with Gasteiger partial charge in [-0.1, -0.05) is 36.2 Å². The van der Waals surface area contributed by atoms with Crippen molar-refractivity contribution in [2.45, 2.75) is 33.3 Å². The van der Waals surface area contributed by atoms with Crippen molar-refractivity contribution in [3.8, 4) is 11.4 Å². The fourth-order valence-electron chi connectivity index (χ4n) is 3.16. The second kappa shape index (κ2) is 10.2. The topological polar surface area (TPSA) is 81.1 Å². The average Bonchev–Trinajstić information content (AvgIpc) is 3.22. The number of nitrogens with zero attached hydrogens (tertiary/aromatic N) is 3. The van der Waals surface area contributed by atoms with E-state index in [0.717, 1.165) is 17.7 Å². The Morgan fingerprint density at radius 1 is 1.09 bits per heavy atom. The minimum absolute atomic E-state index is 0.108. The number of carbonyl (C=O) groups excluding carboxylic acids is 1. The van der Waals surface area contributed by atoms with E-state index in [9.17, 15) is 4.79 Å². The maximum absolute atomic E-state index is 12.6. The van der Waals surface area contributed by atoms with Crippen molar-refractivity contribution in [2.24, 2.45) is 0 Å². The summed E-state index contributed by atoms with van der Waals surface area (Å²) in [5.74, 6) is 0.375. The highest BCUT2D eigenvalue weighted by Gasteiger charge is 2.13. The van der Waals surface area contributed by atoms with Crippen molar-refractivity contribution in [3.63, 3.8) is 0 Å². The monoisotopic (exact) mass is 493 g/mol. The molecule has 9 heteroatoms. The zero-order valence-corrected chi connectivity index (χ0v) is 20.6. The highest BCUT2D eigenvalue weighted by atomic mass is 35.5. The molecule has 0 saturated heterocycles. The van der Waals surface area contributed by atoms with E-state index in [1.807, 2.05) is 38.1 Å². The molecule has 0 radical (unpaired) electrons. The Morgan fingerprint density at radius 2 is 1.74 bits per heavy atom. The maximum atomic E-state index is 12.6. The van der Waals surface area contributed by atoms with Crippen LogP contribution in [0.4, 0.5) is 5.69 Å². The molecule has 4 rings (SSSR count). The molecule has 0 bridgehead atoms. The predicted molar refractivity (Wildman–Crippen MR) is 139 cm³/mol. The molecule has 7 nitrogen and oxygen atoms in total. The molecule has 4 aromatic rings. The third-order valence-corrected chi connectivity index (χ3v) is 5.75. The van der Waals surface area contributed by atoms with E-state index in [2.05, 4.69) is 27.8 Å². The molecule has 174 valence electrons. The van der Waals surface area contributed by atoms with Crippen LogP contribution in [0.15, 0.2) is 60.7 Å². The summed E-state index contributed by atoms with van der Waals surface area (Å²) in [7, 11) is 0. The van der Waals surface area contributed by atoms with E-state index >= 15 is 0 Å². The van der Waals surface area contributed by atoms with Gasteiger partial charge in [0.25, 0.3) is 5.91 Å². The lowest BCUT2D eigenvalue weighted by atomic mass is 10.2. The number of carbonyl (C=O) groups is 1. The van der Waals surface area contributed by atoms with Crippen molar-refractivity contribution in [2.75, 3.05) is 5.32 Å². The number of aromatic nitrogens is 3. The SMILES string of the molecule is CCC(C)Oc1ccc(C(=O)NC(=S)Nc2cc3nn(-c4ccc(C)cc4)nc3cc2Cl)cc1. The van der Waals surface area contributed by atoms with Crippen LogP contribution in [0.3, 0.4) is 0 Å². The molecule has 0 aliphatic carbocycles. The molecular weight excluding hydrogens is 470 g/mol. The summed E-state index contributed by atoms with van der Waals surface area (Å²) in [5.41, 5.74) is 4.26. The second-order valence-electron chi connectivity index (χ2n) is 7.92. The van der Waals surface area contributed by atoms with Crippen LogP contribution in [0.25, 0.3) is 16.7 Å². The fraction of sp³-hybridized carbons (Fsp3) is 0.200. The van der Waals surface area contributed by atoms with Crippen LogP contribution in [0, 0.1) is 6.92 Å². The predicted octanol–water partition coefficient (Wildman–Crippen LogP) is 5.69. The van der Waals surface area contributed by atoms with E-state index in [1.165, 1.54) is 0 Å². The summed E-state index contributed by atoms with van der Waals surface area (Å²) < 4.78 is 5.74. The first-order chi connectivity index (χ1) is 16.3. The Bertz CT molecular complexity index is 1340. The quantitative estimate of drug-likeness (QED) is 0.336. The lowest BCUT2D eigenvalue weighted by molar-refractivity contribution is 0.0977. The maximum Gasteiger partial charge on any atom is 0.257 e. The van der Waals surface area contributed by atoms with Crippen LogP contribution >= 0.6 is 23.8 Å². The number of thiocarbonyl (C=S) groups is 1. The molecule has 0 spiro atoms. The number of anilines is 1. The van der Waals surface area contributed by atoms with Gasteiger partial charge in [0, 0.05) is 5.56 Å². The van der Waals surface area contributed by atoms with Gasteiger partial charge in [-0.25, -0.2) is 0 Å². The van der Waals surface area contributed by atoms with Crippen LogP contribution in [-0.2, 0) is 0 Å². The van der Waals surface area contributed by atoms with E-state index in [0.29, 0.717) is 33.1 Å².